The molecule has 2 rings (SSSR count). The van der Waals surface area contributed by atoms with Crippen LogP contribution in [0, 0.1) is 6.92 Å². The lowest BCUT2D eigenvalue weighted by Crippen LogP contribution is -2.37. The predicted molar refractivity (Wildman–Crippen MR) is 71.7 cm³/mol. The second kappa shape index (κ2) is 5.05. The van der Waals surface area contributed by atoms with Crippen LogP contribution >= 0.6 is 34.5 Å². The normalized spacial score (nSPS) is 25.4. The van der Waals surface area contributed by atoms with Crippen molar-refractivity contribution in [3.8, 4) is 0 Å². The molecule has 96 valence electrons. The lowest BCUT2D eigenvalue weighted by Gasteiger charge is -2.14. The third-order valence-electron chi connectivity index (χ3n) is 2.84. The Hall–Kier alpha value is 0.190. The molecule has 1 aliphatic carbocycles. The predicted octanol–water partition coefficient (Wildman–Crippen LogP) is 3.15. The van der Waals surface area contributed by atoms with Crippen LogP contribution in [0.5, 0.6) is 0 Å². The summed E-state index contributed by atoms with van der Waals surface area (Å²) in [6.45, 7) is 1.79. The Kier molecular flexibility index (Phi) is 4.05. The minimum absolute atomic E-state index is 0.110. The molecule has 1 fully saturated rings. The van der Waals surface area contributed by atoms with E-state index in [0.29, 0.717) is 4.34 Å². The molecule has 0 aromatic carbocycles. The molecule has 1 heterocycles. The molecule has 3 nitrogen and oxygen atoms in total. The molecule has 1 saturated carbocycles. The maximum atomic E-state index is 12.1. The first-order chi connectivity index (χ1) is 7.90. The molecular formula is C10H13Cl2NO2S2. The summed E-state index contributed by atoms with van der Waals surface area (Å²) in [5.74, 6) is 0. The summed E-state index contributed by atoms with van der Waals surface area (Å²) in [6.07, 6.45) is 2.62. The molecule has 0 spiro atoms. The van der Waals surface area contributed by atoms with Crippen molar-refractivity contribution in [2.45, 2.75) is 41.8 Å². The van der Waals surface area contributed by atoms with Crippen LogP contribution in [-0.4, -0.2) is 19.8 Å². The summed E-state index contributed by atoms with van der Waals surface area (Å²) in [6, 6.07) is 1.43. The van der Waals surface area contributed by atoms with Crippen LogP contribution in [0.2, 0.25) is 4.34 Å². The van der Waals surface area contributed by atoms with Crippen LogP contribution in [0.25, 0.3) is 0 Å². The van der Waals surface area contributed by atoms with E-state index in [2.05, 4.69) is 4.72 Å². The Morgan fingerprint density at radius 2 is 2.18 bits per heavy atom. The van der Waals surface area contributed by atoms with E-state index in [9.17, 15) is 8.42 Å². The van der Waals surface area contributed by atoms with Crippen molar-refractivity contribution in [1.82, 2.24) is 4.72 Å². The SMILES string of the molecule is Cc1cc(S(=O)(=O)NC2CCCC2Cl)sc1Cl. The maximum absolute atomic E-state index is 12.1. The highest BCUT2D eigenvalue weighted by Gasteiger charge is 2.30. The molecular weight excluding hydrogens is 301 g/mol. The van der Waals surface area contributed by atoms with Crippen molar-refractivity contribution in [3.63, 3.8) is 0 Å². The number of nitrogens with one attached hydrogen (secondary N) is 1. The molecule has 17 heavy (non-hydrogen) atoms. The third kappa shape index (κ3) is 2.96. The van der Waals surface area contributed by atoms with Crippen molar-refractivity contribution in [2.75, 3.05) is 0 Å². The fourth-order valence-corrected chi connectivity index (χ4v) is 5.32. The zero-order chi connectivity index (χ0) is 12.6. The lowest BCUT2D eigenvalue weighted by molar-refractivity contribution is 0.555. The zero-order valence-corrected chi connectivity index (χ0v) is 12.4. The van der Waals surface area contributed by atoms with Crippen molar-refractivity contribution in [2.24, 2.45) is 0 Å². The fourth-order valence-electron chi connectivity index (χ4n) is 1.87. The van der Waals surface area contributed by atoms with Gasteiger partial charge in [0.25, 0.3) is 0 Å². The minimum atomic E-state index is -3.48. The largest absolute Gasteiger partial charge is 0.250 e. The molecule has 1 aromatic heterocycles. The van der Waals surface area contributed by atoms with Gasteiger partial charge in [-0.05, 0) is 31.4 Å². The van der Waals surface area contributed by atoms with Gasteiger partial charge >= 0.3 is 0 Å². The van der Waals surface area contributed by atoms with Gasteiger partial charge in [-0.25, -0.2) is 13.1 Å². The van der Waals surface area contributed by atoms with Gasteiger partial charge in [0.15, 0.2) is 0 Å². The highest BCUT2D eigenvalue weighted by atomic mass is 35.5. The molecule has 2 unspecified atom stereocenters. The summed E-state index contributed by atoms with van der Waals surface area (Å²) in [5, 5.41) is -0.110. The maximum Gasteiger partial charge on any atom is 0.250 e. The Morgan fingerprint density at radius 3 is 2.65 bits per heavy atom. The van der Waals surface area contributed by atoms with E-state index in [4.69, 9.17) is 23.2 Å². The summed E-state index contributed by atoms with van der Waals surface area (Å²) in [7, 11) is -3.48. The molecule has 1 aromatic rings. The van der Waals surface area contributed by atoms with Crippen molar-refractivity contribution in [3.05, 3.63) is 16.0 Å². The summed E-state index contributed by atoms with van der Waals surface area (Å²) < 4.78 is 27.6. The average molecular weight is 314 g/mol. The van der Waals surface area contributed by atoms with Crippen LogP contribution in [0.3, 0.4) is 0 Å². The number of rotatable bonds is 3. The average Bonchev–Trinajstić information content (AvgIpc) is 2.76. The first kappa shape index (κ1) is 13.6. The quantitative estimate of drug-likeness (QED) is 0.871. The standard InChI is InChI=1S/C10H13Cl2NO2S2/c1-6-5-9(16-10(6)12)17(14,15)13-8-4-2-3-7(8)11/h5,7-8,13H,2-4H2,1H3. The van der Waals surface area contributed by atoms with Crippen molar-refractivity contribution < 1.29 is 8.42 Å². The molecule has 0 aliphatic heterocycles. The Bertz CT molecular complexity index is 493. The lowest BCUT2D eigenvalue weighted by atomic mass is 10.3. The highest BCUT2D eigenvalue weighted by molar-refractivity contribution is 7.91. The van der Waals surface area contributed by atoms with E-state index < -0.39 is 10.0 Å². The van der Waals surface area contributed by atoms with Gasteiger partial charge < -0.3 is 0 Å². The van der Waals surface area contributed by atoms with Crippen molar-refractivity contribution >= 4 is 44.6 Å². The molecule has 0 saturated heterocycles. The second-order valence-electron chi connectivity index (χ2n) is 4.20. The fraction of sp³-hybridized carbons (Fsp3) is 0.600. The van der Waals surface area contributed by atoms with Crippen LogP contribution in [0.1, 0.15) is 24.8 Å². The van der Waals surface area contributed by atoms with Gasteiger partial charge in [0.2, 0.25) is 10.0 Å². The van der Waals surface area contributed by atoms with Gasteiger partial charge in [-0.3, -0.25) is 0 Å². The molecule has 0 amide bonds. The molecule has 0 radical (unpaired) electrons. The Morgan fingerprint density at radius 1 is 1.47 bits per heavy atom. The number of thiophene rings is 1. The van der Waals surface area contributed by atoms with E-state index in [1.54, 1.807) is 13.0 Å². The van der Waals surface area contributed by atoms with E-state index in [0.717, 1.165) is 36.2 Å². The topological polar surface area (TPSA) is 46.2 Å². The summed E-state index contributed by atoms with van der Waals surface area (Å²) >= 11 is 13.0. The van der Waals surface area contributed by atoms with E-state index in [1.165, 1.54) is 0 Å². The number of sulfonamides is 1. The Balaban J connectivity index is 2.19. The molecule has 0 bridgehead atoms. The van der Waals surface area contributed by atoms with Gasteiger partial charge in [-0.15, -0.1) is 22.9 Å². The van der Waals surface area contributed by atoms with Crippen LogP contribution in [0.15, 0.2) is 10.3 Å². The number of halogens is 2. The monoisotopic (exact) mass is 313 g/mol. The van der Waals surface area contributed by atoms with Gasteiger partial charge in [-0.2, -0.15) is 0 Å². The van der Waals surface area contributed by atoms with E-state index in [1.807, 2.05) is 0 Å². The number of alkyl halides is 1. The van der Waals surface area contributed by atoms with Crippen LogP contribution < -0.4 is 4.72 Å². The number of hydrogen-bond acceptors (Lipinski definition) is 3. The van der Waals surface area contributed by atoms with Gasteiger partial charge in [0.05, 0.1) is 4.34 Å². The van der Waals surface area contributed by atoms with E-state index >= 15 is 0 Å². The van der Waals surface area contributed by atoms with Gasteiger partial charge in [0.1, 0.15) is 4.21 Å². The zero-order valence-electron chi connectivity index (χ0n) is 9.24. The smallest absolute Gasteiger partial charge is 0.206 e. The van der Waals surface area contributed by atoms with Crippen molar-refractivity contribution in [1.29, 1.82) is 0 Å². The Labute approximate surface area is 115 Å². The highest BCUT2D eigenvalue weighted by Crippen LogP contribution is 2.31. The second-order valence-corrected chi connectivity index (χ2v) is 8.35. The number of hydrogen-bond donors (Lipinski definition) is 1. The molecule has 7 heteroatoms. The van der Waals surface area contributed by atoms with Crippen LogP contribution in [0.4, 0.5) is 0 Å². The molecule has 1 aliphatic rings. The first-order valence-electron chi connectivity index (χ1n) is 5.32. The van der Waals surface area contributed by atoms with Gasteiger partial charge in [0, 0.05) is 11.4 Å². The first-order valence-corrected chi connectivity index (χ1v) is 8.44. The summed E-state index contributed by atoms with van der Waals surface area (Å²) in [4.78, 5) is 0. The van der Waals surface area contributed by atoms with Crippen LogP contribution in [-0.2, 0) is 10.0 Å². The molecule has 2 atom stereocenters. The number of aryl methyl sites for hydroxylation is 1. The van der Waals surface area contributed by atoms with E-state index in [-0.39, 0.29) is 15.6 Å². The minimum Gasteiger partial charge on any atom is -0.206 e. The third-order valence-corrected chi connectivity index (χ3v) is 6.88. The molecule has 1 N–H and O–H groups in total. The van der Waals surface area contributed by atoms with Gasteiger partial charge in [-0.1, -0.05) is 18.0 Å². The summed E-state index contributed by atoms with van der Waals surface area (Å²) in [5.41, 5.74) is 0.783.